The lowest BCUT2D eigenvalue weighted by Gasteiger charge is -2.21. The zero-order chi connectivity index (χ0) is 28.4. The number of aliphatic carboxylic acids is 1. The van der Waals surface area contributed by atoms with Crippen LogP contribution in [0.5, 0.6) is 5.75 Å². The number of nitrogens with zero attached hydrogens (tertiary/aromatic N) is 1. The Bertz CT molecular complexity index is 1290. The number of hydrogen-bond acceptors (Lipinski definition) is 6. The van der Waals surface area contributed by atoms with Crippen molar-refractivity contribution in [3.05, 3.63) is 83.4 Å². The Hall–Kier alpha value is -4.37. The lowest BCUT2D eigenvalue weighted by molar-refractivity contribution is -0.137. The van der Waals surface area contributed by atoms with Crippen molar-refractivity contribution in [1.82, 2.24) is 0 Å². The highest BCUT2D eigenvalue weighted by atomic mass is 16.5. The van der Waals surface area contributed by atoms with Crippen LogP contribution < -0.4 is 20.3 Å². The normalized spacial score (nSPS) is 11.4. The fourth-order valence-corrected chi connectivity index (χ4v) is 4.18. The zero-order valence-corrected chi connectivity index (χ0v) is 22.7. The molecular formula is C30H35N3O6. The van der Waals surface area contributed by atoms with E-state index in [1.165, 1.54) is 12.0 Å². The number of Topliss-reactive ketones (excluding diaryl/α,β-unsaturated/α-hetero) is 1. The van der Waals surface area contributed by atoms with Gasteiger partial charge in [-0.05, 0) is 60.4 Å². The molecule has 39 heavy (non-hydrogen) atoms. The van der Waals surface area contributed by atoms with E-state index >= 15 is 0 Å². The minimum Gasteiger partial charge on any atom is -0.495 e. The smallest absolute Gasteiger partial charge is 0.326 e. The van der Waals surface area contributed by atoms with Crippen LogP contribution in [0.15, 0.2) is 66.7 Å². The number of amides is 2. The molecule has 0 bridgehead atoms. The molecule has 3 rings (SSSR count). The minimum atomic E-state index is -0.864. The molecule has 0 fully saturated rings. The topological polar surface area (TPSA) is 117 Å². The second-order valence-corrected chi connectivity index (χ2v) is 9.16. The molecule has 0 aliphatic rings. The summed E-state index contributed by atoms with van der Waals surface area (Å²) >= 11 is 0. The molecule has 9 heteroatoms. The van der Waals surface area contributed by atoms with Gasteiger partial charge in [0, 0.05) is 38.4 Å². The van der Waals surface area contributed by atoms with E-state index < -0.39 is 5.97 Å². The third kappa shape index (κ3) is 8.31. The van der Waals surface area contributed by atoms with E-state index in [9.17, 15) is 14.4 Å². The van der Waals surface area contributed by atoms with Gasteiger partial charge in [0.15, 0.2) is 5.78 Å². The van der Waals surface area contributed by atoms with Gasteiger partial charge in [-0.2, -0.15) is 0 Å². The van der Waals surface area contributed by atoms with Crippen molar-refractivity contribution >= 4 is 34.8 Å². The van der Waals surface area contributed by atoms with E-state index in [1.807, 2.05) is 55.5 Å². The number of para-hydroxylation sites is 1. The number of carboxylic acid groups (broad SMARTS) is 1. The molecule has 9 nitrogen and oxygen atoms in total. The Labute approximate surface area is 228 Å². The van der Waals surface area contributed by atoms with E-state index in [1.54, 1.807) is 32.4 Å². The van der Waals surface area contributed by atoms with Crippen LogP contribution in [0.4, 0.5) is 21.9 Å². The number of carbonyl (C=O) groups is 3. The summed E-state index contributed by atoms with van der Waals surface area (Å²) in [4.78, 5) is 37.8. The largest absolute Gasteiger partial charge is 0.495 e. The average molecular weight is 534 g/mol. The molecule has 206 valence electrons. The molecule has 0 aliphatic carbocycles. The van der Waals surface area contributed by atoms with Crippen LogP contribution in [0, 0.1) is 6.92 Å². The number of aryl methyl sites for hydroxylation is 1. The van der Waals surface area contributed by atoms with Gasteiger partial charge in [-0.15, -0.1) is 0 Å². The van der Waals surface area contributed by atoms with Crippen molar-refractivity contribution in [2.24, 2.45) is 0 Å². The molecular weight excluding hydrogens is 498 g/mol. The van der Waals surface area contributed by atoms with Crippen molar-refractivity contribution in [3.8, 4) is 5.75 Å². The molecule has 2 amide bonds. The number of anilines is 3. The highest BCUT2D eigenvalue weighted by Gasteiger charge is 2.16. The lowest BCUT2D eigenvalue weighted by atomic mass is 10.0. The summed E-state index contributed by atoms with van der Waals surface area (Å²) in [6.45, 7) is 2.07. The maximum atomic E-state index is 12.8. The van der Waals surface area contributed by atoms with E-state index in [2.05, 4.69) is 10.6 Å². The van der Waals surface area contributed by atoms with Gasteiger partial charge in [-0.1, -0.05) is 36.4 Å². The summed E-state index contributed by atoms with van der Waals surface area (Å²) in [6, 6.07) is 20.0. The van der Waals surface area contributed by atoms with Crippen LogP contribution in [0.1, 0.15) is 35.6 Å². The molecule has 0 saturated carbocycles. The molecule has 1 unspecified atom stereocenters. The molecule has 3 aromatic carbocycles. The van der Waals surface area contributed by atoms with Crippen molar-refractivity contribution in [2.75, 3.05) is 43.3 Å². The molecule has 3 aromatic rings. The Morgan fingerprint density at radius 1 is 1.00 bits per heavy atom. The van der Waals surface area contributed by atoms with E-state index in [4.69, 9.17) is 14.6 Å². The van der Waals surface area contributed by atoms with Gasteiger partial charge < -0.3 is 25.2 Å². The van der Waals surface area contributed by atoms with Gasteiger partial charge in [-0.3, -0.25) is 14.5 Å². The fraction of sp³-hybridized carbons (Fsp3) is 0.300. The predicted molar refractivity (Wildman–Crippen MR) is 152 cm³/mol. The Kier molecular flexibility index (Phi) is 10.5. The summed E-state index contributed by atoms with van der Waals surface area (Å²) in [5, 5.41) is 14.9. The van der Waals surface area contributed by atoms with Crippen LogP contribution in [0.25, 0.3) is 0 Å². The minimum absolute atomic E-state index is 0.0200. The maximum Gasteiger partial charge on any atom is 0.326 e. The fourth-order valence-electron chi connectivity index (χ4n) is 4.18. The number of carboxylic acids is 1. The number of benzene rings is 3. The van der Waals surface area contributed by atoms with Crippen molar-refractivity contribution in [1.29, 1.82) is 0 Å². The summed E-state index contributed by atoms with van der Waals surface area (Å²) in [5.41, 5.74) is 4.70. The van der Waals surface area contributed by atoms with Crippen LogP contribution in [-0.4, -0.2) is 50.7 Å². The van der Waals surface area contributed by atoms with Crippen LogP contribution >= 0.6 is 0 Å². The van der Waals surface area contributed by atoms with Crippen LogP contribution in [0.2, 0.25) is 0 Å². The first kappa shape index (κ1) is 29.2. The number of methoxy groups -OCH3 is 2. The van der Waals surface area contributed by atoms with Crippen molar-refractivity contribution in [3.63, 3.8) is 0 Å². The number of ketones is 1. The molecule has 0 aromatic heterocycles. The number of rotatable bonds is 13. The summed E-state index contributed by atoms with van der Waals surface area (Å²) in [6.07, 6.45) is 0.296. The lowest BCUT2D eigenvalue weighted by Crippen LogP contribution is -2.31. The Morgan fingerprint density at radius 2 is 1.72 bits per heavy atom. The monoisotopic (exact) mass is 533 g/mol. The molecule has 0 saturated heterocycles. The second-order valence-electron chi connectivity index (χ2n) is 9.16. The zero-order valence-electron chi connectivity index (χ0n) is 22.7. The van der Waals surface area contributed by atoms with Gasteiger partial charge in [0.25, 0.3) is 0 Å². The molecule has 3 N–H and O–H groups in total. The first-order valence-corrected chi connectivity index (χ1v) is 12.6. The number of ether oxygens (including phenoxy) is 2. The summed E-state index contributed by atoms with van der Waals surface area (Å²) in [5.74, 6) is -0.420. The van der Waals surface area contributed by atoms with E-state index in [-0.39, 0.29) is 37.3 Å². The van der Waals surface area contributed by atoms with E-state index in [0.29, 0.717) is 17.9 Å². The number of carbonyl (C=O) groups excluding carboxylic acids is 2. The number of hydrogen-bond donors (Lipinski definition) is 3. The summed E-state index contributed by atoms with van der Waals surface area (Å²) < 4.78 is 10.9. The van der Waals surface area contributed by atoms with Gasteiger partial charge in [0.05, 0.1) is 25.4 Å². The standard InChI is InChI=1S/C30H35N3O6/c1-20-7-5-6-8-26(20)33(2)30(37)32-25-14-9-21(18-28(25)39-4)17-24(34)19-31-23-12-10-22(11-13-23)27(38-3)15-16-29(35)36/h5-14,18,27,31H,15-17,19H2,1-4H3,(H,32,37)(H,35,36). The van der Waals surface area contributed by atoms with Gasteiger partial charge >= 0.3 is 12.0 Å². The highest BCUT2D eigenvalue weighted by Crippen LogP contribution is 2.28. The predicted octanol–water partition coefficient (Wildman–Crippen LogP) is 5.45. The molecule has 1 atom stereocenters. The number of urea groups is 1. The van der Waals surface area contributed by atoms with Gasteiger partial charge in [-0.25, -0.2) is 4.79 Å². The number of nitrogens with one attached hydrogen (secondary N) is 2. The third-order valence-electron chi connectivity index (χ3n) is 6.37. The molecule has 0 radical (unpaired) electrons. The van der Waals surface area contributed by atoms with E-state index in [0.717, 1.165) is 28.1 Å². The van der Waals surface area contributed by atoms with Gasteiger partial charge in [0.1, 0.15) is 5.75 Å². The first-order chi connectivity index (χ1) is 18.7. The van der Waals surface area contributed by atoms with Crippen molar-refractivity contribution in [2.45, 2.75) is 32.3 Å². The van der Waals surface area contributed by atoms with Crippen LogP contribution in [-0.2, 0) is 20.7 Å². The molecule has 0 heterocycles. The van der Waals surface area contributed by atoms with Crippen LogP contribution in [0.3, 0.4) is 0 Å². The quantitative estimate of drug-likeness (QED) is 0.268. The highest BCUT2D eigenvalue weighted by molar-refractivity contribution is 6.02. The first-order valence-electron chi connectivity index (χ1n) is 12.6. The SMILES string of the molecule is COc1cc(CC(=O)CNc2ccc(C(CCC(=O)O)OC)cc2)ccc1NC(=O)N(C)c1ccccc1C. The molecule has 0 spiro atoms. The average Bonchev–Trinajstić information content (AvgIpc) is 2.93. The third-order valence-corrected chi connectivity index (χ3v) is 6.37. The molecule has 0 aliphatic heterocycles. The maximum absolute atomic E-state index is 12.8. The Morgan fingerprint density at radius 3 is 2.36 bits per heavy atom. The van der Waals surface area contributed by atoms with Gasteiger partial charge in [0.2, 0.25) is 0 Å². The second kappa shape index (κ2) is 14.0. The van der Waals surface area contributed by atoms with Crippen molar-refractivity contribution < 1.29 is 29.0 Å². The Balaban J connectivity index is 1.56. The summed E-state index contributed by atoms with van der Waals surface area (Å²) in [7, 11) is 4.77.